The third-order valence-electron chi connectivity index (χ3n) is 6.33. The van der Waals surface area contributed by atoms with Crippen molar-refractivity contribution in [3.63, 3.8) is 0 Å². The second kappa shape index (κ2) is 9.88. The largest absolute Gasteiger partial charge is 0.325 e. The first-order chi connectivity index (χ1) is 17.5. The molecule has 4 aromatic carbocycles. The molecule has 1 saturated heterocycles. The second-order valence-corrected chi connectivity index (χ2v) is 8.75. The monoisotopic (exact) mass is 475 g/mol. The van der Waals surface area contributed by atoms with Crippen LogP contribution >= 0.6 is 0 Å². The van der Waals surface area contributed by atoms with Gasteiger partial charge in [0.05, 0.1) is 0 Å². The Morgan fingerprint density at radius 2 is 1.28 bits per heavy atom. The molecule has 1 atom stereocenters. The van der Waals surface area contributed by atoms with Crippen LogP contribution in [0.4, 0.5) is 10.5 Å². The molecule has 6 nitrogen and oxygen atoms in total. The Balaban J connectivity index is 1.33. The number of carbonyl (C=O) groups is 3. The average molecular weight is 476 g/mol. The van der Waals surface area contributed by atoms with Gasteiger partial charge in [0.25, 0.3) is 5.91 Å². The van der Waals surface area contributed by atoms with Crippen molar-refractivity contribution in [1.29, 1.82) is 0 Å². The lowest BCUT2D eigenvalue weighted by Crippen LogP contribution is -2.46. The number of nitrogens with one attached hydrogen (secondary N) is 2. The number of hydrogen-bond donors (Lipinski definition) is 2. The normalized spacial score (nSPS) is 17.1. The van der Waals surface area contributed by atoms with Crippen LogP contribution < -0.4 is 10.6 Å². The second-order valence-electron chi connectivity index (χ2n) is 8.75. The molecule has 1 fully saturated rings. The molecule has 0 spiro atoms. The van der Waals surface area contributed by atoms with Gasteiger partial charge in [-0.1, -0.05) is 103 Å². The van der Waals surface area contributed by atoms with Crippen LogP contribution in [-0.4, -0.2) is 29.3 Å². The Labute approximate surface area is 209 Å². The summed E-state index contributed by atoms with van der Waals surface area (Å²) in [7, 11) is 0. The summed E-state index contributed by atoms with van der Waals surface area (Å²) in [6, 6.07) is 35.4. The van der Waals surface area contributed by atoms with Crippen molar-refractivity contribution in [2.24, 2.45) is 0 Å². The van der Waals surface area contributed by atoms with Crippen LogP contribution in [-0.2, 0) is 21.5 Å². The lowest BCUT2D eigenvalue weighted by molar-refractivity contribution is -0.134. The highest BCUT2D eigenvalue weighted by atomic mass is 16.2. The van der Waals surface area contributed by atoms with E-state index in [0.717, 1.165) is 21.6 Å². The lowest BCUT2D eigenvalue weighted by atomic mass is 9.83. The first-order valence-corrected chi connectivity index (χ1v) is 11.7. The number of rotatable bonds is 7. The molecular formula is C30H25N3O3. The molecule has 178 valence electrons. The fraction of sp³-hybridized carbons (Fsp3) is 0.100. The van der Waals surface area contributed by atoms with Gasteiger partial charge in [0, 0.05) is 12.1 Å². The molecule has 1 unspecified atom stereocenters. The van der Waals surface area contributed by atoms with Gasteiger partial charge in [0.2, 0.25) is 5.91 Å². The van der Waals surface area contributed by atoms with Gasteiger partial charge in [-0.05, 0) is 34.4 Å². The molecule has 0 radical (unpaired) electrons. The number of benzene rings is 4. The van der Waals surface area contributed by atoms with E-state index in [1.807, 2.05) is 103 Å². The Bertz CT molecular complexity index is 1370. The topological polar surface area (TPSA) is 78.5 Å². The van der Waals surface area contributed by atoms with Crippen molar-refractivity contribution in [2.45, 2.75) is 12.0 Å². The van der Waals surface area contributed by atoms with Gasteiger partial charge in [0.15, 0.2) is 5.54 Å². The first-order valence-electron chi connectivity index (χ1n) is 11.7. The minimum atomic E-state index is -1.28. The molecule has 36 heavy (non-hydrogen) atoms. The SMILES string of the molecule is O=C(CN1C(=O)NC(Cc2ccccc2)(c2ccccc2)C1=O)Nc1ccc(-c2ccccc2)cc1. The number of urea groups is 1. The number of anilines is 1. The summed E-state index contributed by atoms with van der Waals surface area (Å²) in [5.41, 5.74) is 2.98. The van der Waals surface area contributed by atoms with Gasteiger partial charge in [-0.2, -0.15) is 0 Å². The van der Waals surface area contributed by atoms with Crippen LogP contribution in [0, 0.1) is 0 Å². The number of imide groups is 1. The summed E-state index contributed by atoms with van der Waals surface area (Å²) < 4.78 is 0. The maximum atomic E-state index is 13.7. The summed E-state index contributed by atoms with van der Waals surface area (Å²) in [6.07, 6.45) is 0.279. The Morgan fingerprint density at radius 3 is 1.92 bits per heavy atom. The van der Waals surface area contributed by atoms with Gasteiger partial charge in [0.1, 0.15) is 6.54 Å². The van der Waals surface area contributed by atoms with Gasteiger partial charge in [-0.3, -0.25) is 14.5 Å². The quantitative estimate of drug-likeness (QED) is 0.370. The van der Waals surface area contributed by atoms with Crippen LogP contribution in [0.5, 0.6) is 0 Å². The van der Waals surface area contributed by atoms with E-state index in [1.165, 1.54) is 0 Å². The van der Waals surface area contributed by atoms with Crippen molar-refractivity contribution in [3.05, 3.63) is 126 Å². The van der Waals surface area contributed by atoms with Crippen molar-refractivity contribution in [1.82, 2.24) is 10.2 Å². The van der Waals surface area contributed by atoms with Gasteiger partial charge in [-0.15, -0.1) is 0 Å². The lowest BCUT2D eigenvalue weighted by Gasteiger charge is -2.27. The van der Waals surface area contributed by atoms with Crippen molar-refractivity contribution < 1.29 is 14.4 Å². The summed E-state index contributed by atoms with van der Waals surface area (Å²) in [4.78, 5) is 40.5. The van der Waals surface area contributed by atoms with Crippen molar-refractivity contribution >= 4 is 23.5 Å². The molecule has 6 heteroatoms. The number of amides is 4. The maximum Gasteiger partial charge on any atom is 0.325 e. The van der Waals surface area contributed by atoms with E-state index < -0.39 is 23.4 Å². The summed E-state index contributed by atoms with van der Waals surface area (Å²) >= 11 is 0. The van der Waals surface area contributed by atoms with E-state index >= 15 is 0 Å². The molecule has 4 aromatic rings. The van der Waals surface area contributed by atoms with Crippen LogP contribution in [0.25, 0.3) is 11.1 Å². The fourth-order valence-corrected chi connectivity index (χ4v) is 4.53. The number of hydrogen-bond acceptors (Lipinski definition) is 3. The molecule has 1 aliphatic rings. The minimum absolute atomic E-state index is 0.279. The summed E-state index contributed by atoms with van der Waals surface area (Å²) in [6.45, 7) is -0.380. The predicted octanol–water partition coefficient (Wildman–Crippen LogP) is 4.98. The molecule has 1 heterocycles. The number of carbonyl (C=O) groups excluding carboxylic acids is 3. The molecule has 0 aliphatic carbocycles. The maximum absolute atomic E-state index is 13.7. The van der Waals surface area contributed by atoms with Gasteiger partial charge >= 0.3 is 6.03 Å². The van der Waals surface area contributed by atoms with E-state index in [2.05, 4.69) is 10.6 Å². The molecule has 1 aliphatic heterocycles. The van der Waals surface area contributed by atoms with E-state index in [9.17, 15) is 14.4 Å². The van der Waals surface area contributed by atoms with Gasteiger partial charge < -0.3 is 10.6 Å². The highest BCUT2D eigenvalue weighted by Crippen LogP contribution is 2.33. The van der Waals surface area contributed by atoms with Crippen LogP contribution in [0.2, 0.25) is 0 Å². The zero-order valence-corrected chi connectivity index (χ0v) is 19.6. The standard InChI is InChI=1S/C30H25N3O3/c34-27(31-26-18-16-24(17-19-26)23-12-6-2-7-13-23)21-33-28(35)30(32-29(33)36,25-14-8-3-9-15-25)20-22-10-4-1-5-11-22/h1-19H,20-21H2,(H,31,34)(H,32,36). The summed E-state index contributed by atoms with van der Waals surface area (Å²) in [5.74, 6) is -0.897. The average Bonchev–Trinajstić information content (AvgIpc) is 3.15. The Morgan fingerprint density at radius 1 is 0.722 bits per heavy atom. The predicted molar refractivity (Wildman–Crippen MR) is 139 cm³/mol. The van der Waals surface area contributed by atoms with E-state index in [4.69, 9.17) is 0 Å². The van der Waals surface area contributed by atoms with Crippen LogP contribution in [0.15, 0.2) is 115 Å². The zero-order chi connectivity index (χ0) is 25.0. The molecule has 0 aromatic heterocycles. The highest BCUT2D eigenvalue weighted by molar-refractivity contribution is 6.10. The third-order valence-corrected chi connectivity index (χ3v) is 6.33. The molecule has 4 amide bonds. The van der Waals surface area contributed by atoms with Gasteiger partial charge in [-0.25, -0.2) is 4.79 Å². The van der Waals surface area contributed by atoms with Crippen LogP contribution in [0.3, 0.4) is 0 Å². The third kappa shape index (κ3) is 4.61. The van der Waals surface area contributed by atoms with E-state index in [1.54, 1.807) is 12.1 Å². The van der Waals surface area contributed by atoms with Crippen molar-refractivity contribution in [2.75, 3.05) is 11.9 Å². The highest BCUT2D eigenvalue weighted by Gasteiger charge is 2.52. The molecule has 0 bridgehead atoms. The van der Waals surface area contributed by atoms with Crippen LogP contribution in [0.1, 0.15) is 11.1 Å². The summed E-state index contributed by atoms with van der Waals surface area (Å²) in [5, 5.41) is 5.68. The van der Waals surface area contributed by atoms with Crippen molar-refractivity contribution in [3.8, 4) is 11.1 Å². The fourth-order valence-electron chi connectivity index (χ4n) is 4.53. The minimum Gasteiger partial charge on any atom is -0.325 e. The van der Waals surface area contributed by atoms with E-state index in [-0.39, 0.29) is 13.0 Å². The first kappa shape index (κ1) is 23.1. The smallest absolute Gasteiger partial charge is 0.325 e. The Kier molecular flexibility index (Phi) is 6.33. The molecule has 0 saturated carbocycles. The molecule has 5 rings (SSSR count). The zero-order valence-electron chi connectivity index (χ0n) is 19.6. The molecular weight excluding hydrogens is 450 g/mol. The number of nitrogens with zero attached hydrogens (tertiary/aromatic N) is 1. The molecule has 2 N–H and O–H groups in total. The van der Waals surface area contributed by atoms with E-state index in [0.29, 0.717) is 11.3 Å². The Hall–Kier alpha value is -4.71.